The number of carbonyl (C=O) groups is 1. The summed E-state index contributed by atoms with van der Waals surface area (Å²) in [6.45, 7) is 0.137. The zero-order valence-corrected chi connectivity index (χ0v) is 7.26. The number of carboxylic acid groups (broad SMARTS) is 1. The Hall–Kier alpha value is -1.65. The standard InChI is InChI=1S/C9H9F2NO2/c10-6-3-7(11)5-8(4-6)12-2-1-9(13)14/h3-5,12H,1-2H2,(H,13,14). The van der Waals surface area contributed by atoms with E-state index in [1.807, 2.05) is 0 Å². The number of hydrogen-bond donors (Lipinski definition) is 2. The van der Waals surface area contributed by atoms with Crippen LogP contribution in [0.2, 0.25) is 0 Å². The molecule has 0 saturated heterocycles. The Morgan fingerprint density at radius 3 is 2.36 bits per heavy atom. The number of hydrogen-bond acceptors (Lipinski definition) is 2. The third kappa shape index (κ3) is 3.38. The van der Waals surface area contributed by atoms with E-state index in [4.69, 9.17) is 5.11 Å². The second-order valence-corrected chi connectivity index (χ2v) is 2.73. The van der Waals surface area contributed by atoms with Gasteiger partial charge in [-0.15, -0.1) is 0 Å². The maximum absolute atomic E-state index is 12.6. The summed E-state index contributed by atoms with van der Waals surface area (Å²) in [4.78, 5) is 10.1. The number of rotatable bonds is 4. The van der Waals surface area contributed by atoms with E-state index in [1.165, 1.54) is 0 Å². The quantitative estimate of drug-likeness (QED) is 0.781. The fourth-order valence-electron chi connectivity index (χ4n) is 0.970. The highest BCUT2D eigenvalue weighted by atomic mass is 19.1. The van der Waals surface area contributed by atoms with Crippen LogP contribution in [0.25, 0.3) is 0 Å². The third-order valence-corrected chi connectivity index (χ3v) is 1.53. The minimum absolute atomic E-state index is 0.0991. The van der Waals surface area contributed by atoms with Crippen LogP contribution in [-0.2, 0) is 4.79 Å². The van der Waals surface area contributed by atoms with Gasteiger partial charge in [0.1, 0.15) is 11.6 Å². The molecule has 0 fully saturated rings. The predicted molar refractivity (Wildman–Crippen MR) is 47.1 cm³/mol. The van der Waals surface area contributed by atoms with Crippen LogP contribution in [0.5, 0.6) is 0 Å². The van der Waals surface area contributed by atoms with E-state index in [0.29, 0.717) is 0 Å². The molecule has 0 radical (unpaired) electrons. The summed E-state index contributed by atoms with van der Waals surface area (Å²) >= 11 is 0. The van der Waals surface area contributed by atoms with E-state index in [0.717, 1.165) is 18.2 Å². The molecule has 3 nitrogen and oxygen atoms in total. The third-order valence-electron chi connectivity index (χ3n) is 1.53. The monoisotopic (exact) mass is 201 g/mol. The highest BCUT2D eigenvalue weighted by Gasteiger charge is 2.00. The highest BCUT2D eigenvalue weighted by molar-refractivity contribution is 5.67. The smallest absolute Gasteiger partial charge is 0.305 e. The number of benzene rings is 1. The summed E-state index contributed by atoms with van der Waals surface area (Å²) < 4.78 is 25.2. The van der Waals surface area contributed by atoms with Crippen molar-refractivity contribution in [3.63, 3.8) is 0 Å². The van der Waals surface area contributed by atoms with Crippen molar-refractivity contribution in [1.82, 2.24) is 0 Å². The van der Waals surface area contributed by atoms with Gasteiger partial charge in [-0.2, -0.15) is 0 Å². The first-order valence-electron chi connectivity index (χ1n) is 3.99. The van der Waals surface area contributed by atoms with Gasteiger partial charge in [-0.3, -0.25) is 4.79 Å². The Bertz CT molecular complexity index is 321. The van der Waals surface area contributed by atoms with Crippen molar-refractivity contribution in [3.05, 3.63) is 29.8 Å². The average molecular weight is 201 g/mol. The molecule has 5 heteroatoms. The van der Waals surface area contributed by atoms with Crippen LogP contribution in [0.15, 0.2) is 18.2 Å². The lowest BCUT2D eigenvalue weighted by Crippen LogP contribution is -2.07. The summed E-state index contributed by atoms with van der Waals surface area (Å²) in [6.07, 6.45) is -0.0991. The highest BCUT2D eigenvalue weighted by Crippen LogP contribution is 2.12. The maximum Gasteiger partial charge on any atom is 0.305 e. The molecule has 0 aromatic heterocycles. The summed E-state index contributed by atoms with van der Waals surface area (Å²) in [6, 6.07) is 2.96. The fourth-order valence-corrected chi connectivity index (χ4v) is 0.970. The topological polar surface area (TPSA) is 49.3 Å². The van der Waals surface area contributed by atoms with Crippen molar-refractivity contribution in [2.24, 2.45) is 0 Å². The molecule has 14 heavy (non-hydrogen) atoms. The molecule has 2 N–H and O–H groups in total. The molecule has 0 heterocycles. The van der Waals surface area contributed by atoms with Gasteiger partial charge in [0, 0.05) is 18.3 Å². The van der Waals surface area contributed by atoms with Gasteiger partial charge in [0.15, 0.2) is 0 Å². The van der Waals surface area contributed by atoms with Crippen LogP contribution in [0.3, 0.4) is 0 Å². The van der Waals surface area contributed by atoms with Gasteiger partial charge < -0.3 is 10.4 Å². The van der Waals surface area contributed by atoms with Gasteiger partial charge >= 0.3 is 5.97 Å². The maximum atomic E-state index is 12.6. The van der Waals surface area contributed by atoms with Gasteiger partial charge in [-0.1, -0.05) is 0 Å². The summed E-state index contributed by atoms with van der Waals surface area (Å²) in [7, 11) is 0. The summed E-state index contributed by atoms with van der Waals surface area (Å²) in [5, 5.41) is 10.9. The lowest BCUT2D eigenvalue weighted by atomic mass is 10.3. The minimum atomic E-state index is -0.964. The summed E-state index contributed by atoms with van der Waals surface area (Å²) in [5.74, 6) is -2.35. The van der Waals surface area contributed by atoms with Gasteiger partial charge in [0.25, 0.3) is 0 Å². The first-order chi connectivity index (χ1) is 6.58. The van der Waals surface area contributed by atoms with Crippen LogP contribution >= 0.6 is 0 Å². The first kappa shape index (κ1) is 10.4. The molecule has 0 aliphatic rings. The fraction of sp³-hybridized carbons (Fsp3) is 0.222. The van der Waals surface area contributed by atoms with E-state index in [9.17, 15) is 13.6 Å². The summed E-state index contributed by atoms with van der Waals surface area (Å²) in [5.41, 5.74) is 0.240. The molecule has 1 aromatic rings. The van der Waals surface area contributed by atoms with E-state index in [-0.39, 0.29) is 18.7 Å². The molecule has 1 rings (SSSR count). The second kappa shape index (κ2) is 4.55. The number of anilines is 1. The van der Waals surface area contributed by atoms with Crippen molar-refractivity contribution in [1.29, 1.82) is 0 Å². The molecule has 0 spiro atoms. The Balaban J connectivity index is 2.54. The Labute approximate surface area is 79.4 Å². The van der Waals surface area contributed by atoms with Crippen LogP contribution in [-0.4, -0.2) is 17.6 Å². The zero-order valence-electron chi connectivity index (χ0n) is 7.26. The SMILES string of the molecule is O=C(O)CCNc1cc(F)cc(F)c1. The van der Waals surface area contributed by atoms with Crippen molar-refractivity contribution < 1.29 is 18.7 Å². The van der Waals surface area contributed by atoms with Crippen LogP contribution in [0, 0.1) is 11.6 Å². The number of halogens is 2. The van der Waals surface area contributed by atoms with E-state index < -0.39 is 17.6 Å². The van der Waals surface area contributed by atoms with Crippen molar-refractivity contribution in [2.45, 2.75) is 6.42 Å². The second-order valence-electron chi connectivity index (χ2n) is 2.73. The predicted octanol–water partition coefficient (Wildman–Crippen LogP) is 1.85. The Morgan fingerprint density at radius 1 is 1.29 bits per heavy atom. The van der Waals surface area contributed by atoms with E-state index in [1.54, 1.807) is 0 Å². The Morgan fingerprint density at radius 2 is 1.86 bits per heavy atom. The lowest BCUT2D eigenvalue weighted by Gasteiger charge is -2.04. The normalized spacial score (nSPS) is 9.86. The molecule has 0 unspecified atom stereocenters. The average Bonchev–Trinajstić information content (AvgIpc) is 2.01. The van der Waals surface area contributed by atoms with Gasteiger partial charge in [0.05, 0.1) is 6.42 Å². The van der Waals surface area contributed by atoms with E-state index in [2.05, 4.69) is 5.32 Å². The molecule has 0 aliphatic heterocycles. The molecule has 0 atom stereocenters. The molecular formula is C9H9F2NO2. The van der Waals surface area contributed by atoms with Crippen molar-refractivity contribution in [3.8, 4) is 0 Å². The molecule has 1 aromatic carbocycles. The number of carboxylic acids is 1. The van der Waals surface area contributed by atoms with Gasteiger partial charge in [-0.25, -0.2) is 8.78 Å². The molecular weight excluding hydrogens is 192 g/mol. The van der Waals surface area contributed by atoms with Gasteiger partial charge in [0.2, 0.25) is 0 Å². The molecule has 76 valence electrons. The van der Waals surface area contributed by atoms with Crippen molar-refractivity contribution in [2.75, 3.05) is 11.9 Å². The largest absolute Gasteiger partial charge is 0.481 e. The number of nitrogens with one attached hydrogen (secondary N) is 1. The first-order valence-corrected chi connectivity index (χ1v) is 3.99. The number of aliphatic carboxylic acids is 1. The van der Waals surface area contributed by atoms with Crippen LogP contribution in [0.4, 0.5) is 14.5 Å². The van der Waals surface area contributed by atoms with Crippen LogP contribution < -0.4 is 5.32 Å². The molecule has 0 amide bonds. The van der Waals surface area contributed by atoms with Gasteiger partial charge in [-0.05, 0) is 12.1 Å². The lowest BCUT2D eigenvalue weighted by molar-refractivity contribution is -0.136. The van der Waals surface area contributed by atoms with Crippen molar-refractivity contribution >= 4 is 11.7 Å². The zero-order chi connectivity index (χ0) is 10.6. The van der Waals surface area contributed by atoms with E-state index >= 15 is 0 Å². The molecule has 0 saturated carbocycles. The molecule has 0 aliphatic carbocycles. The minimum Gasteiger partial charge on any atom is -0.481 e. The van der Waals surface area contributed by atoms with Crippen LogP contribution in [0.1, 0.15) is 6.42 Å². The molecule has 0 bridgehead atoms. The Kier molecular flexibility index (Phi) is 3.39.